The van der Waals surface area contributed by atoms with E-state index in [4.69, 9.17) is 34.2 Å². The number of nitrogens with one attached hydrogen (secondary N) is 1. The number of halogens is 2. The average molecular weight is 457 g/mol. The van der Waals surface area contributed by atoms with Gasteiger partial charge in [-0.2, -0.15) is 5.26 Å². The van der Waals surface area contributed by atoms with E-state index in [0.29, 0.717) is 30.2 Å². The maximum atomic E-state index is 12.4. The molecule has 1 fully saturated rings. The Labute approximate surface area is 186 Å². The Hall–Kier alpha value is -3.68. The van der Waals surface area contributed by atoms with E-state index in [-0.39, 0.29) is 33.4 Å². The van der Waals surface area contributed by atoms with Gasteiger partial charge in [-0.15, -0.1) is 15.0 Å². The van der Waals surface area contributed by atoms with Crippen molar-refractivity contribution in [3.8, 4) is 11.8 Å². The smallest absolute Gasteiger partial charge is 0.273 e. The number of carbonyl (C=O) groups excluding carboxylic acids is 2. The highest BCUT2D eigenvalue weighted by Gasteiger charge is 2.31. The van der Waals surface area contributed by atoms with Crippen molar-refractivity contribution in [1.82, 2.24) is 24.9 Å². The third-order valence-electron chi connectivity index (χ3n) is 4.59. The van der Waals surface area contributed by atoms with Crippen molar-refractivity contribution in [2.45, 2.75) is 0 Å². The van der Waals surface area contributed by atoms with Crippen LogP contribution in [0.15, 0.2) is 36.5 Å². The Morgan fingerprint density at radius 2 is 1.87 bits per heavy atom. The molecule has 0 aliphatic carbocycles. The summed E-state index contributed by atoms with van der Waals surface area (Å²) in [7, 11) is 0. The summed E-state index contributed by atoms with van der Waals surface area (Å²) in [6.07, 6.45) is 1.39. The fourth-order valence-corrected chi connectivity index (χ4v) is 3.51. The Morgan fingerprint density at radius 3 is 2.45 bits per heavy atom. The second-order valence-corrected chi connectivity index (χ2v) is 7.53. The number of hydrogen-bond donors (Lipinski definition) is 2. The summed E-state index contributed by atoms with van der Waals surface area (Å²) in [6, 6.07) is 10.1. The predicted octanol–water partition coefficient (Wildman–Crippen LogP) is 2.41. The van der Waals surface area contributed by atoms with Crippen LogP contribution in [0.5, 0.6) is 0 Å². The van der Waals surface area contributed by atoms with Crippen LogP contribution in [0.4, 0.5) is 11.6 Å². The van der Waals surface area contributed by atoms with Gasteiger partial charge in [-0.3, -0.25) is 9.59 Å². The topological polar surface area (TPSA) is 143 Å². The largest absolute Gasteiger partial charge is 0.364 e. The molecule has 2 aromatic heterocycles. The molecule has 12 heteroatoms. The summed E-state index contributed by atoms with van der Waals surface area (Å²) >= 11 is 12.4. The van der Waals surface area contributed by atoms with Crippen molar-refractivity contribution in [1.29, 1.82) is 5.26 Å². The number of anilines is 2. The van der Waals surface area contributed by atoms with Crippen LogP contribution in [0.3, 0.4) is 0 Å². The van der Waals surface area contributed by atoms with Gasteiger partial charge in [0.05, 0.1) is 27.6 Å². The van der Waals surface area contributed by atoms with Crippen molar-refractivity contribution in [3.63, 3.8) is 0 Å². The average Bonchev–Trinajstić information content (AvgIpc) is 3.11. The lowest BCUT2D eigenvalue weighted by atomic mass is 10.0. The molecule has 3 heterocycles. The molecule has 156 valence electrons. The third-order valence-corrected chi connectivity index (χ3v) is 5.20. The van der Waals surface area contributed by atoms with Gasteiger partial charge in [-0.1, -0.05) is 29.3 Å². The van der Waals surface area contributed by atoms with Crippen molar-refractivity contribution in [2.75, 3.05) is 18.4 Å². The van der Waals surface area contributed by atoms with Gasteiger partial charge in [-0.25, -0.2) is 4.98 Å². The number of rotatable bonds is 5. The van der Waals surface area contributed by atoms with Crippen LogP contribution in [-0.4, -0.2) is 49.8 Å². The number of primary amides is 1. The second kappa shape index (κ2) is 8.22. The van der Waals surface area contributed by atoms with Crippen molar-refractivity contribution in [3.05, 3.63) is 57.8 Å². The fourth-order valence-electron chi connectivity index (χ4n) is 2.96. The highest BCUT2D eigenvalue weighted by Crippen LogP contribution is 2.28. The van der Waals surface area contributed by atoms with Crippen LogP contribution >= 0.6 is 23.2 Å². The maximum absolute atomic E-state index is 12.4. The van der Waals surface area contributed by atoms with Gasteiger partial charge < -0.3 is 16.0 Å². The molecule has 1 saturated heterocycles. The number of benzene rings is 1. The maximum Gasteiger partial charge on any atom is 0.273 e. The molecule has 10 nitrogen and oxygen atoms in total. The van der Waals surface area contributed by atoms with Gasteiger partial charge in [0.15, 0.2) is 11.5 Å². The zero-order valence-corrected chi connectivity index (χ0v) is 17.3. The number of aromatic nitrogens is 4. The lowest BCUT2D eigenvalue weighted by molar-refractivity contribution is 0.0577. The van der Waals surface area contributed by atoms with Crippen LogP contribution in [0, 0.1) is 17.2 Å². The van der Waals surface area contributed by atoms with Crippen molar-refractivity contribution < 1.29 is 9.59 Å². The van der Waals surface area contributed by atoms with Gasteiger partial charge >= 0.3 is 0 Å². The summed E-state index contributed by atoms with van der Waals surface area (Å²) < 4.78 is 0. The molecule has 2 amide bonds. The minimum atomic E-state index is -0.812. The molecule has 0 radical (unpaired) electrons. The molecule has 3 aromatic rings. The van der Waals surface area contributed by atoms with E-state index in [1.165, 1.54) is 6.20 Å². The third kappa shape index (κ3) is 4.01. The van der Waals surface area contributed by atoms with E-state index in [1.807, 2.05) is 0 Å². The number of nitrogens with two attached hydrogens (primary N) is 1. The molecular formula is C19H14Cl2N8O2. The Kier molecular flexibility index (Phi) is 5.46. The summed E-state index contributed by atoms with van der Waals surface area (Å²) in [5, 5.41) is 20.6. The number of para-hydroxylation sites is 1. The number of nitriles is 1. The first-order valence-corrected chi connectivity index (χ1v) is 9.76. The van der Waals surface area contributed by atoms with E-state index >= 15 is 0 Å². The highest BCUT2D eigenvalue weighted by molar-refractivity contribution is 6.37. The normalized spacial score (nSPS) is 13.4. The minimum absolute atomic E-state index is 0.0506. The quantitative estimate of drug-likeness (QED) is 0.599. The zero-order chi connectivity index (χ0) is 22.1. The van der Waals surface area contributed by atoms with Crippen molar-refractivity contribution in [2.24, 2.45) is 11.7 Å². The molecule has 0 saturated carbocycles. The van der Waals surface area contributed by atoms with E-state index in [1.54, 1.807) is 35.2 Å². The lowest BCUT2D eigenvalue weighted by Gasteiger charge is -2.35. The SMILES string of the molecule is N#CC1CN(C(=O)c2ccc(Nc3nn(-c4c(Cl)cccc4Cl)nc3C(N)=O)nc2)C1. The molecule has 31 heavy (non-hydrogen) atoms. The number of amides is 2. The number of pyridine rings is 1. The van der Waals surface area contributed by atoms with Crippen LogP contribution in [0.1, 0.15) is 20.8 Å². The Morgan fingerprint density at radius 1 is 1.16 bits per heavy atom. The summed E-state index contributed by atoms with van der Waals surface area (Å²) in [5.41, 5.74) is 5.96. The van der Waals surface area contributed by atoms with Gasteiger partial charge in [0.2, 0.25) is 0 Å². The first-order valence-electron chi connectivity index (χ1n) is 9.01. The van der Waals surface area contributed by atoms with E-state index in [2.05, 4.69) is 26.6 Å². The molecule has 3 N–H and O–H groups in total. The molecule has 4 rings (SSSR count). The Balaban J connectivity index is 1.57. The summed E-state index contributed by atoms with van der Waals surface area (Å²) in [5.74, 6) is -0.778. The number of likely N-dealkylation sites (tertiary alicyclic amines) is 1. The molecule has 0 bridgehead atoms. The Bertz CT molecular complexity index is 1190. The number of nitrogens with zero attached hydrogens (tertiary/aromatic N) is 6. The molecule has 1 aliphatic heterocycles. The predicted molar refractivity (Wildman–Crippen MR) is 112 cm³/mol. The van der Waals surface area contributed by atoms with Crippen LogP contribution in [0.2, 0.25) is 10.0 Å². The molecule has 0 spiro atoms. The fraction of sp³-hybridized carbons (Fsp3) is 0.158. The van der Waals surface area contributed by atoms with Crippen LogP contribution in [-0.2, 0) is 0 Å². The molecule has 1 aliphatic rings. The zero-order valence-electron chi connectivity index (χ0n) is 15.8. The van der Waals surface area contributed by atoms with Crippen LogP contribution < -0.4 is 11.1 Å². The van der Waals surface area contributed by atoms with Crippen molar-refractivity contribution >= 4 is 46.7 Å². The first kappa shape index (κ1) is 20.6. The van der Waals surface area contributed by atoms with Crippen LogP contribution in [0.25, 0.3) is 5.69 Å². The molecule has 0 unspecified atom stereocenters. The van der Waals surface area contributed by atoms with Gasteiger partial charge in [-0.05, 0) is 24.3 Å². The second-order valence-electron chi connectivity index (χ2n) is 6.71. The molecule has 1 aromatic carbocycles. The summed E-state index contributed by atoms with van der Waals surface area (Å²) in [4.78, 5) is 31.1. The van der Waals surface area contributed by atoms with Gasteiger partial charge in [0, 0.05) is 19.3 Å². The van der Waals surface area contributed by atoms with E-state index < -0.39 is 5.91 Å². The minimum Gasteiger partial charge on any atom is -0.364 e. The number of carbonyl (C=O) groups is 2. The van der Waals surface area contributed by atoms with E-state index in [0.717, 1.165) is 4.80 Å². The van der Waals surface area contributed by atoms with E-state index in [9.17, 15) is 9.59 Å². The first-order chi connectivity index (χ1) is 14.9. The summed E-state index contributed by atoms with van der Waals surface area (Å²) in [6.45, 7) is 0.816. The molecular weight excluding hydrogens is 443 g/mol. The van der Waals surface area contributed by atoms with Gasteiger partial charge in [0.1, 0.15) is 11.5 Å². The molecule has 0 atom stereocenters. The monoisotopic (exact) mass is 456 g/mol. The standard InChI is InChI=1S/C19H14Cl2N8O2/c20-12-2-1-3-13(21)16(12)29-26-15(17(23)30)18(27-29)25-14-5-4-11(7-24-14)19(31)28-8-10(6-22)9-28/h1-5,7,10H,8-9H2,(H2,23,30)(H,24,25,27). The van der Waals surface area contributed by atoms with Gasteiger partial charge in [0.25, 0.3) is 11.8 Å². The lowest BCUT2D eigenvalue weighted by Crippen LogP contribution is -2.49. The number of hydrogen-bond acceptors (Lipinski definition) is 7. The highest BCUT2D eigenvalue weighted by atomic mass is 35.5.